The number of fused-ring (bicyclic) bond motifs is 1. The molecule has 0 unspecified atom stereocenters. The maximum Gasteiger partial charge on any atom is 0.353 e. The third-order valence-corrected chi connectivity index (χ3v) is 2.64. The number of methoxy groups -OCH3 is 1. The number of rotatable bonds is 2. The van der Waals surface area contributed by atoms with E-state index >= 15 is 0 Å². The summed E-state index contributed by atoms with van der Waals surface area (Å²) in [5.41, 5.74) is 7.35. The van der Waals surface area contributed by atoms with Gasteiger partial charge in [0.15, 0.2) is 0 Å². The van der Waals surface area contributed by atoms with Crippen molar-refractivity contribution in [3.8, 4) is 0 Å². The standard InChI is InChI=1S/C12H11ClN2O2.ClH/c1-17-12(16)10(14)4-7-6-15-11-5-8(13)2-3-9(7)11;/h2-6,15H,14H2,1H3;1H. The molecule has 0 radical (unpaired) electrons. The molecule has 0 saturated heterocycles. The van der Waals surface area contributed by atoms with Gasteiger partial charge in [-0.25, -0.2) is 4.79 Å². The summed E-state index contributed by atoms with van der Waals surface area (Å²) in [5.74, 6) is -0.548. The summed E-state index contributed by atoms with van der Waals surface area (Å²) in [4.78, 5) is 14.2. The zero-order chi connectivity index (χ0) is 12.4. The van der Waals surface area contributed by atoms with E-state index in [0.717, 1.165) is 16.5 Å². The fraction of sp³-hybridized carbons (Fsp3) is 0.0833. The number of hydrogen-bond acceptors (Lipinski definition) is 3. The molecule has 0 atom stereocenters. The van der Waals surface area contributed by atoms with Crippen molar-refractivity contribution in [2.45, 2.75) is 0 Å². The van der Waals surface area contributed by atoms with Gasteiger partial charge in [0.25, 0.3) is 0 Å². The number of aromatic nitrogens is 1. The number of esters is 1. The van der Waals surface area contributed by atoms with Crippen molar-refractivity contribution in [2.75, 3.05) is 7.11 Å². The van der Waals surface area contributed by atoms with Gasteiger partial charge in [0.1, 0.15) is 5.70 Å². The van der Waals surface area contributed by atoms with Crippen molar-refractivity contribution in [3.05, 3.63) is 40.7 Å². The number of benzene rings is 1. The molecule has 0 bridgehead atoms. The van der Waals surface area contributed by atoms with Crippen LogP contribution in [-0.4, -0.2) is 18.1 Å². The Morgan fingerprint density at radius 2 is 2.22 bits per heavy atom. The van der Waals surface area contributed by atoms with Crippen molar-refractivity contribution in [3.63, 3.8) is 0 Å². The van der Waals surface area contributed by atoms with E-state index in [1.165, 1.54) is 7.11 Å². The van der Waals surface area contributed by atoms with Crippen molar-refractivity contribution in [1.29, 1.82) is 0 Å². The van der Waals surface area contributed by atoms with E-state index in [9.17, 15) is 4.79 Å². The van der Waals surface area contributed by atoms with E-state index in [2.05, 4.69) is 9.72 Å². The van der Waals surface area contributed by atoms with Crippen molar-refractivity contribution >= 4 is 47.0 Å². The van der Waals surface area contributed by atoms with Gasteiger partial charge in [0.2, 0.25) is 0 Å². The topological polar surface area (TPSA) is 68.1 Å². The van der Waals surface area contributed by atoms with Crippen molar-refractivity contribution < 1.29 is 9.53 Å². The highest BCUT2D eigenvalue weighted by atomic mass is 35.5. The third-order valence-electron chi connectivity index (χ3n) is 2.41. The molecule has 2 rings (SSSR count). The molecule has 96 valence electrons. The minimum absolute atomic E-state index is 0. The number of hydrogen-bond donors (Lipinski definition) is 2. The molecular formula is C12H12Cl2N2O2. The van der Waals surface area contributed by atoms with Crippen LogP contribution in [0, 0.1) is 0 Å². The molecule has 0 aliphatic rings. The van der Waals surface area contributed by atoms with E-state index in [0.29, 0.717) is 5.02 Å². The number of ether oxygens (including phenoxy) is 1. The predicted molar refractivity (Wildman–Crippen MR) is 74.7 cm³/mol. The molecular weight excluding hydrogens is 275 g/mol. The van der Waals surface area contributed by atoms with E-state index in [1.807, 2.05) is 12.1 Å². The average molecular weight is 287 g/mol. The van der Waals surface area contributed by atoms with Gasteiger partial charge in [-0.1, -0.05) is 17.7 Å². The zero-order valence-electron chi connectivity index (χ0n) is 9.57. The third kappa shape index (κ3) is 2.78. The SMILES string of the molecule is COC(=O)C(N)=Cc1c[nH]c2cc(Cl)ccc12.Cl. The van der Waals surface area contributed by atoms with Crippen LogP contribution in [0.1, 0.15) is 5.56 Å². The lowest BCUT2D eigenvalue weighted by Gasteiger charge is -1.98. The summed E-state index contributed by atoms with van der Waals surface area (Å²) in [5, 5.41) is 1.59. The van der Waals surface area contributed by atoms with Gasteiger partial charge in [-0.3, -0.25) is 0 Å². The number of nitrogens with one attached hydrogen (secondary N) is 1. The number of carbonyl (C=O) groups is 1. The molecule has 1 aromatic heterocycles. The lowest BCUT2D eigenvalue weighted by atomic mass is 10.1. The fourth-order valence-electron chi connectivity index (χ4n) is 1.58. The van der Waals surface area contributed by atoms with Crippen LogP contribution in [0.3, 0.4) is 0 Å². The summed E-state index contributed by atoms with van der Waals surface area (Å²) >= 11 is 5.87. The Kier molecular flexibility index (Phi) is 4.64. The van der Waals surface area contributed by atoms with Gasteiger partial charge in [-0.15, -0.1) is 12.4 Å². The molecule has 0 aliphatic heterocycles. The normalized spacial score (nSPS) is 11.1. The van der Waals surface area contributed by atoms with Crippen LogP contribution in [0.5, 0.6) is 0 Å². The number of halogens is 2. The highest BCUT2D eigenvalue weighted by Gasteiger charge is 2.07. The first kappa shape index (κ1) is 14.4. The fourth-order valence-corrected chi connectivity index (χ4v) is 1.76. The number of aromatic amines is 1. The summed E-state index contributed by atoms with van der Waals surface area (Å²) < 4.78 is 4.53. The lowest BCUT2D eigenvalue weighted by Crippen LogP contribution is -2.12. The summed E-state index contributed by atoms with van der Waals surface area (Å²) in [6.07, 6.45) is 3.33. The Bertz CT molecular complexity index is 605. The maximum absolute atomic E-state index is 11.2. The highest BCUT2D eigenvalue weighted by Crippen LogP contribution is 2.23. The van der Waals surface area contributed by atoms with E-state index in [-0.39, 0.29) is 18.1 Å². The molecule has 18 heavy (non-hydrogen) atoms. The molecule has 6 heteroatoms. The van der Waals surface area contributed by atoms with Crippen LogP contribution in [0.2, 0.25) is 5.02 Å². The van der Waals surface area contributed by atoms with Crippen molar-refractivity contribution in [2.24, 2.45) is 5.73 Å². The molecule has 0 saturated carbocycles. The summed E-state index contributed by atoms with van der Waals surface area (Å²) in [7, 11) is 1.29. The second-order valence-corrected chi connectivity index (χ2v) is 3.96. The Balaban J connectivity index is 0.00000162. The molecule has 0 aliphatic carbocycles. The van der Waals surface area contributed by atoms with Crippen LogP contribution in [0.25, 0.3) is 17.0 Å². The molecule has 0 amide bonds. The maximum atomic E-state index is 11.2. The minimum atomic E-state index is -0.548. The Morgan fingerprint density at radius 3 is 2.89 bits per heavy atom. The van der Waals surface area contributed by atoms with E-state index < -0.39 is 5.97 Å². The van der Waals surface area contributed by atoms with Gasteiger partial charge < -0.3 is 15.5 Å². The Labute approximate surface area is 115 Å². The predicted octanol–water partition coefficient (Wildman–Crippen LogP) is 2.72. The minimum Gasteiger partial charge on any atom is -0.464 e. The molecule has 1 aromatic carbocycles. The van der Waals surface area contributed by atoms with Gasteiger partial charge in [0.05, 0.1) is 7.11 Å². The lowest BCUT2D eigenvalue weighted by molar-refractivity contribution is -0.136. The monoisotopic (exact) mass is 286 g/mol. The van der Waals surface area contributed by atoms with Crippen molar-refractivity contribution in [1.82, 2.24) is 4.98 Å². The van der Waals surface area contributed by atoms with Crippen LogP contribution < -0.4 is 5.73 Å². The first-order chi connectivity index (χ1) is 8.11. The van der Waals surface area contributed by atoms with Crippen LogP contribution in [-0.2, 0) is 9.53 Å². The number of H-pyrrole nitrogens is 1. The van der Waals surface area contributed by atoms with E-state index in [4.69, 9.17) is 17.3 Å². The second kappa shape index (κ2) is 5.80. The van der Waals surface area contributed by atoms with Crippen LogP contribution in [0.4, 0.5) is 0 Å². The number of carbonyl (C=O) groups excluding carboxylic acids is 1. The average Bonchev–Trinajstić information content (AvgIpc) is 2.70. The van der Waals surface area contributed by atoms with E-state index in [1.54, 1.807) is 18.3 Å². The Morgan fingerprint density at radius 1 is 1.50 bits per heavy atom. The second-order valence-electron chi connectivity index (χ2n) is 3.53. The summed E-state index contributed by atoms with van der Waals surface area (Å²) in [6.45, 7) is 0. The highest BCUT2D eigenvalue weighted by molar-refractivity contribution is 6.31. The largest absolute Gasteiger partial charge is 0.464 e. The van der Waals surface area contributed by atoms with Crippen LogP contribution in [0.15, 0.2) is 30.1 Å². The van der Waals surface area contributed by atoms with Gasteiger partial charge in [-0.05, 0) is 18.2 Å². The first-order valence-corrected chi connectivity index (χ1v) is 5.31. The Hall–Kier alpha value is -1.65. The van der Waals surface area contributed by atoms with Gasteiger partial charge >= 0.3 is 5.97 Å². The zero-order valence-corrected chi connectivity index (χ0v) is 11.1. The quantitative estimate of drug-likeness (QED) is 0.659. The van der Waals surface area contributed by atoms with Crippen LogP contribution >= 0.6 is 24.0 Å². The molecule has 0 fully saturated rings. The molecule has 1 heterocycles. The molecule has 2 aromatic rings. The molecule has 0 spiro atoms. The number of nitrogens with two attached hydrogens (primary N) is 1. The molecule has 4 nitrogen and oxygen atoms in total. The first-order valence-electron chi connectivity index (χ1n) is 4.94. The van der Waals surface area contributed by atoms with Gasteiger partial charge in [-0.2, -0.15) is 0 Å². The van der Waals surface area contributed by atoms with Gasteiger partial charge in [0, 0.05) is 27.7 Å². The smallest absolute Gasteiger partial charge is 0.353 e. The molecule has 3 N–H and O–H groups in total. The summed E-state index contributed by atoms with van der Waals surface area (Å²) in [6, 6.07) is 5.45.